The van der Waals surface area contributed by atoms with E-state index in [0.717, 1.165) is 5.56 Å². The molecule has 1 aromatic rings. The molecule has 1 saturated heterocycles. The lowest BCUT2D eigenvalue weighted by Crippen LogP contribution is -2.53. The van der Waals surface area contributed by atoms with Gasteiger partial charge >= 0.3 is 6.03 Å². The highest BCUT2D eigenvalue weighted by molar-refractivity contribution is 5.74. The molecule has 1 aromatic heterocycles. The summed E-state index contributed by atoms with van der Waals surface area (Å²) >= 11 is 0. The highest BCUT2D eigenvalue weighted by Gasteiger charge is 2.28. The van der Waals surface area contributed by atoms with Gasteiger partial charge in [-0.05, 0) is 25.0 Å². The zero-order valence-electron chi connectivity index (χ0n) is 12.1. The second kappa shape index (κ2) is 6.76. The first kappa shape index (κ1) is 14.9. The highest BCUT2D eigenvalue weighted by Crippen LogP contribution is 2.13. The van der Waals surface area contributed by atoms with Crippen LogP contribution in [0.4, 0.5) is 4.79 Å². The van der Waals surface area contributed by atoms with Gasteiger partial charge in [0, 0.05) is 32.5 Å². The molecule has 0 spiro atoms. The van der Waals surface area contributed by atoms with E-state index in [0.29, 0.717) is 32.7 Å². The average Bonchev–Trinajstić information content (AvgIpc) is 2.82. The Labute approximate surface area is 119 Å². The number of aromatic nitrogens is 1. The van der Waals surface area contributed by atoms with Crippen LogP contribution in [0.1, 0.15) is 18.9 Å². The summed E-state index contributed by atoms with van der Waals surface area (Å²) in [6.07, 6.45) is 4.03. The van der Waals surface area contributed by atoms with E-state index in [2.05, 4.69) is 5.32 Å². The summed E-state index contributed by atoms with van der Waals surface area (Å²) in [5, 5.41) is 12.4. The van der Waals surface area contributed by atoms with Gasteiger partial charge in [0.05, 0.1) is 25.4 Å². The number of aliphatic hydroxyl groups is 1. The number of hydrogen-bond acceptors (Lipinski definition) is 3. The Morgan fingerprint density at radius 1 is 1.65 bits per heavy atom. The van der Waals surface area contributed by atoms with Gasteiger partial charge in [-0.2, -0.15) is 0 Å². The molecule has 0 aliphatic carbocycles. The van der Waals surface area contributed by atoms with E-state index in [9.17, 15) is 9.90 Å². The second-order valence-electron chi connectivity index (χ2n) is 5.35. The molecule has 20 heavy (non-hydrogen) atoms. The van der Waals surface area contributed by atoms with Crippen molar-refractivity contribution in [2.24, 2.45) is 7.05 Å². The summed E-state index contributed by atoms with van der Waals surface area (Å²) in [4.78, 5) is 14.0. The Morgan fingerprint density at radius 3 is 3.10 bits per heavy atom. The van der Waals surface area contributed by atoms with Gasteiger partial charge in [0.25, 0.3) is 0 Å². The van der Waals surface area contributed by atoms with Crippen molar-refractivity contribution in [2.75, 3.05) is 19.8 Å². The molecular weight excluding hydrogens is 258 g/mol. The lowest BCUT2D eigenvalue weighted by atomic mass is 10.1. The first-order valence-electron chi connectivity index (χ1n) is 6.97. The Hall–Kier alpha value is -1.53. The first-order chi connectivity index (χ1) is 9.56. The van der Waals surface area contributed by atoms with Gasteiger partial charge in [-0.1, -0.05) is 0 Å². The van der Waals surface area contributed by atoms with Crippen LogP contribution in [0.3, 0.4) is 0 Å². The molecule has 0 bridgehead atoms. The van der Waals surface area contributed by atoms with Crippen LogP contribution in [0.15, 0.2) is 18.5 Å². The number of ether oxygens (including phenoxy) is 1. The van der Waals surface area contributed by atoms with E-state index in [1.54, 1.807) is 11.8 Å². The van der Waals surface area contributed by atoms with Crippen molar-refractivity contribution in [1.29, 1.82) is 0 Å². The van der Waals surface area contributed by atoms with Crippen LogP contribution in [0, 0.1) is 0 Å². The van der Waals surface area contributed by atoms with E-state index in [1.807, 2.05) is 30.1 Å². The number of rotatable bonds is 4. The van der Waals surface area contributed by atoms with Crippen LogP contribution in [-0.2, 0) is 18.3 Å². The Morgan fingerprint density at radius 2 is 2.45 bits per heavy atom. The Kier molecular flexibility index (Phi) is 5.03. The lowest BCUT2D eigenvalue weighted by molar-refractivity contribution is -0.00437. The minimum Gasteiger partial charge on any atom is -0.393 e. The fraction of sp³-hybridized carbons (Fsp3) is 0.643. The van der Waals surface area contributed by atoms with Crippen molar-refractivity contribution in [3.8, 4) is 0 Å². The maximum Gasteiger partial charge on any atom is 0.318 e. The monoisotopic (exact) mass is 281 g/mol. The molecule has 0 unspecified atom stereocenters. The molecule has 2 rings (SSSR count). The number of urea groups is 1. The van der Waals surface area contributed by atoms with Crippen LogP contribution in [-0.4, -0.2) is 52.5 Å². The summed E-state index contributed by atoms with van der Waals surface area (Å²) in [6, 6.07) is 1.83. The Balaban J connectivity index is 1.88. The zero-order valence-corrected chi connectivity index (χ0v) is 12.1. The molecule has 6 nitrogen and oxygen atoms in total. The number of aliphatic hydroxyl groups excluding tert-OH is 1. The SMILES string of the molecule is C[C@H](O)C[C@@H]1COCCN1C(=O)NCc1ccn(C)c1. The normalized spacial score (nSPS) is 20.8. The third-order valence-electron chi connectivity index (χ3n) is 3.44. The van der Waals surface area contributed by atoms with E-state index < -0.39 is 6.10 Å². The van der Waals surface area contributed by atoms with Gasteiger partial charge in [-0.15, -0.1) is 0 Å². The van der Waals surface area contributed by atoms with Crippen molar-refractivity contribution >= 4 is 6.03 Å². The number of carbonyl (C=O) groups excluding carboxylic acids is 1. The summed E-state index contributed by atoms with van der Waals surface area (Å²) in [6.45, 7) is 3.85. The molecule has 112 valence electrons. The van der Waals surface area contributed by atoms with Gasteiger partial charge in [0.15, 0.2) is 0 Å². The molecule has 2 amide bonds. The van der Waals surface area contributed by atoms with Crippen LogP contribution in [0.5, 0.6) is 0 Å². The molecule has 2 heterocycles. The van der Waals surface area contributed by atoms with Crippen molar-refractivity contribution in [1.82, 2.24) is 14.8 Å². The number of amides is 2. The van der Waals surface area contributed by atoms with Crippen molar-refractivity contribution in [3.63, 3.8) is 0 Å². The van der Waals surface area contributed by atoms with Gasteiger partial charge in [-0.3, -0.25) is 0 Å². The summed E-state index contributed by atoms with van der Waals surface area (Å²) in [5.74, 6) is 0. The van der Waals surface area contributed by atoms with Crippen LogP contribution < -0.4 is 5.32 Å². The van der Waals surface area contributed by atoms with E-state index in [-0.39, 0.29) is 12.1 Å². The maximum atomic E-state index is 12.2. The minimum absolute atomic E-state index is 0.0560. The summed E-state index contributed by atoms with van der Waals surface area (Å²) < 4.78 is 7.34. The standard InChI is InChI=1S/C14H23N3O3/c1-11(18)7-13-10-20-6-5-17(13)14(19)15-8-12-3-4-16(2)9-12/h3-4,9,11,13,18H,5-8,10H2,1-2H3,(H,15,19)/t11-,13+/m0/s1. The predicted molar refractivity (Wildman–Crippen MR) is 75.3 cm³/mol. The molecule has 2 atom stereocenters. The van der Waals surface area contributed by atoms with Gasteiger partial charge < -0.3 is 24.6 Å². The van der Waals surface area contributed by atoms with Gasteiger partial charge in [0.2, 0.25) is 0 Å². The number of aryl methyl sites for hydroxylation is 1. The molecule has 2 N–H and O–H groups in total. The van der Waals surface area contributed by atoms with Crippen molar-refractivity contribution < 1.29 is 14.6 Å². The van der Waals surface area contributed by atoms with Crippen LogP contribution in [0.2, 0.25) is 0 Å². The average molecular weight is 281 g/mol. The number of morpholine rings is 1. The summed E-state index contributed by atoms with van der Waals surface area (Å²) in [5.41, 5.74) is 1.07. The van der Waals surface area contributed by atoms with Gasteiger partial charge in [-0.25, -0.2) is 4.79 Å². The minimum atomic E-state index is -0.439. The number of hydrogen-bond donors (Lipinski definition) is 2. The van der Waals surface area contributed by atoms with Crippen molar-refractivity contribution in [2.45, 2.75) is 32.0 Å². The van der Waals surface area contributed by atoms with Crippen LogP contribution in [0.25, 0.3) is 0 Å². The molecular formula is C14H23N3O3. The lowest BCUT2D eigenvalue weighted by Gasteiger charge is -2.36. The predicted octanol–water partition coefficient (Wildman–Crippen LogP) is 0.706. The maximum absolute atomic E-state index is 12.2. The first-order valence-corrected chi connectivity index (χ1v) is 6.97. The second-order valence-corrected chi connectivity index (χ2v) is 5.35. The van der Waals surface area contributed by atoms with E-state index >= 15 is 0 Å². The van der Waals surface area contributed by atoms with E-state index in [1.165, 1.54) is 0 Å². The molecule has 6 heteroatoms. The number of nitrogens with zero attached hydrogens (tertiary/aromatic N) is 2. The smallest absolute Gasteiger partial charge is 0.318 e. The zero-order chi connectivity index (χ0) is 14.5. The highest BCUT2D eigenvalue weighted by atomic mass is 16.5. The molecule has 0 saturated carbocycles. The largest absolute Gasteiger partial charge is 0.393 e. The fourth-order valence-electron chi connectivity index (χ4n) is 2.46. The molecule has 1 fully saturated rings. The molecule has 1 aliphatic heterocycles. The number of nitrogens with one attached hydrogen (secondary N) is 1. The topological polar surface area (TPSA) is 66.7 Å². The Bertz CT molecular complexity index is 445. The molecule has 0 aromatic carbocycles. The molecule has 0 radical (unpaired) electrons. The van der Waals surface area contributed by atoms with Gasteiger partial charge in [0.1, 0.15) is 0 Å². The number of carbonyl (C=O) groups is 1. The molecule has 1 aliphatic rings. The third-order valence-corrected chi connectivity index (χ3v) is 3.44. The summed E-state index contributed by atoms with van der Waals surface area (Å²) in [7, 11) is 1.95. The van der Waals surface area contributed by atoms with Crippen molar-refractivity contribution in [3.05, 3.63) is 24.0 Å². The third kappa shape index (κ3) is 3.98. The quantitative estimate of drug-likeness (QED) is 0.854. The van der Waals surface area contributed by atoms with Crippen LogP contribution >= 0.6 is 0 Å². The van der Waals surface area contributed by atoms with E-state index in [4.69, 9.17) is 4.74 Å². The fourth-order valence-corrected chi connectivity index (χ4v) is 2.46.